The molecule has 1 saturated carbocycles. The summed E-state index contributed by atoms with van der Waals surface area (Å²) in [7, 11) is 2.04. The van der Waals surface area contributed by atoms with Crippen LogP contribution in [0.15, 0.2) is 12.2 Å². The second-order valence-electron chi connectivity index (χ2n) is 3.93. The minimum absolute atomic E-state index is 0.938. The van der Waals surface area contributed by atoms with Crippen molar-refractivity contribution in [1.82, 2.24) is 5.32 Å². The lowest BCUT2D eigenvalue weighted by atomic mass is 9.91. The third-order valence-electron chi connectivity index (χ3n) is 3.18. The maximum Gasteiger partial charge on any atom is -0.00491 e. The van der Waals surface area contributed by atoms with Crippen LogP contribution in [0, 0.1) is 17.8 Å². The molecular formula is C10H17N. The second-order valence-corrected chi connectivity index (χ2v) is 3.93. The Morgan fingerprint density at radius 1 is 1.36 bits per heavy atom. The normalized spacial score (nSPS) is 40.3. The second kappa shape index (κ2) is 2.98. The van der Waals surface area contributed by atoms with Gasteiger partial charge < -0.3 is 5.32 Å². The molecule has 1 N–H and O–H groups in total. The first kappa shape index (κ1) is 7.35. The highest BCUT2D eigenvalue weighted by molar-refractivity contribution is 5.09. The summed E-state index contributed by atoms with van der Waals surface area (Å²) in [5.41, 5.74) is 0. The topological polar surface area (TPSA) is 12.0 Å². The van der Waals surface area contributed by atoms with Gasteiger partial charge in [0.15, 0.2) is 0 Å². The van der Waals surface area contributed by atoms with E-state index in [9.17, 15) is 0 Å². The molecule has 3 atom stereocenters. The molecule has 2 aliphatic carbocycles. The van der Waals surface area contributed by atoms with Gasteiger partial charge in [0.1, 0.15) is 0 Å². The molecule has 62 valence electrons. The lowest BCUT2D eigenvalue weighted by Crippen LogP contribution is -2.15. The zero-order chi connectivity index (χ0) is 7.68. The average molecular weight is 151 g/mol. The molecule has 0 radical (unpaired) electrons. The molecule has 0 heterocycles. The van der Waals surface area contributed by atoms with Gasteiger partial charge in [-0.1, -0.05) is 12.2 Å². The molecule has 0 aromatic heterocycles. The van der Waals surface area contributed by atoms with Crippen molar-refractivity contribution in [2.45, 2.75) is 19.3 Å². The van der Waals surface area contributed by atoms with Crippen LogP contribution in [0.1, 0.15) is 19.3 Å². The fourth-order valence-electron chi connectivity index (χ4n) is 2.56. The first-order valence-electron chi connectivity index (χ1n) is 4.73. The van der Waals surface area contributed by atoms with Gasteiger partial charge >= 0.3 is 0 Å². The van der Waals surface area contributed by atoms with Gasteiger partial charge in [-0.25, -0.2) is 0 Å². The Labute approximate surface area is 68.9 Å². The Kier molecular flexibility index (Phi) is 1.99. The minimum Gasteiger partial charge on any atom is -0.320 e. The highest BCUT2D eigenvalue weighted by Crippen LogP contribution is 2.44. The van der Waals surface area contributed by atoms with Crippen LogP contribution < -0.4 is 5.32 Å². The Hall–Kier alpha value is -0.300. The lowest BCUT2D eigenvalue weighted by Gasteiger charge is -2.17. The van der Waals surface area contributed by atoms with Crippen molar-refractivity contribution in [3.05, 3.63) is 12.2 Å². The van der Waals surface area contributed by atoms with Crippen molar-refractivity contribution < 1.29 is 0 Å². The monoisotopic (exact) mass is 151 g/mol. The first-order valence-corrected chi connectivity index (χ1v) is 4.73. The summed E-state index contributed by atoms with van der Waals surface area (Å²) in [6, 6.07) is 0. The molecule has 0 aromatic rings. The average Bonchev–Trinajstić information content (AvgIpc) is 2.60. The maximum atomic E-state index is 3.23. The van der Waals surface area contributed by atoms with Crippen molar-refractivity contribution >= 4 is 0 Å². The van der Waals surface area contributed by atoms with Gasteiger partial charge in [-0.2, -0.15) is 0 Å². The van der Waals surface area contributed by atoms with E-state index in [1.165, 1.54) is 25.8 Å². The smallest absolute Gasteiger partial charge is 0.00491 e. The van der Waals surface area contributed by atoms with E-state index in [2.05, 4.69) is 17.5 Å². The first-order chi connectivity index (χ1) is 5.40. The number of hydrogen-bond acceptors (Lipinski definition) is 1. The summed E-state index contributed by atoms with van der Waals surface area (Å²) < 4.78 is 0. The van der Waals surface area contributed by atoms with E-state index in [1.807, 2.05) is 7.05 Å². The molecule has 1 nitrogen and oxygen atoms in total. The summed E-state index contributed by atoms with van der Waals surface area (Å²) in [5.74, 6) is 2.88. The largest absolute Gasteiger partial charge is 0.320 e. The van der Waals surface area contributed by atoms with E-state index < -0.39 is 0 Å². The molecular weight excluding hydrogens is 134 g/mol. The van der Waals surface area contributed by atoms with E-state index in [-0.39, 0.29) is 0 Å². The van der Waals surface area contributed by atoms with Crippen LogP contribution in [-0.4, -0.2) is 13.6 Å². The van der Waals surface area contributed by atoms with Crippen LogP contribution in [0.2, 0.25) is 0 Å². The maximum absolute atomic E-state index is 3.23. The Morgan fingerprint density at radius 2 is 2.27 bits per heavy atom. The van der Waals surface area contributed by atoms with Crippen molar-refractivity contribution in [3.8, 4) is 0 Å². The van der Waals surface area contributed by atoms with Crippen molar-refractivity contribution in [1.29, 1.82) is 0 Å². The number of nitrogens with one attached hydrogen (secondary N) is 1. The zero-order valence-electron chi connectivity index (χ0n) is 7.22. The molecule has 0 saturated heterocycles. The van der Waals surface area contributed by atoms with Crippen LogP contribution in [0.4, 0.5) is 0 Å². The Bertz CT molecular complexity index is 162. The molecule has 2 rings (SSSR count). The van der Waals surface area contributed by atoms with E-state index in [1.54, 1.807) is 0 Å². The van der Waals surface area contributed by atoms with Crippen LogP contribution in [-0.2, 0) is 0 Å². The molecule has 2 bridgehead atoms. The molecule has 0 spiro atoms. The molecule has 1 fully saturated rings. The van der Waals surface area contributed by atoms with E-state index in [4.69, 9.17) is 0 Å². The number of fused-ring (bicyclic) bond motifs is 2. The fourth-order valence-corrected chi connectivity index (χ4v) is 2.56. The number of allylic oxidation sites excluding steroid dienone is 2. The van der Waals surface area contributed by atoms with Gasteiger partial charge in [-0.3, -0.25) is 0 Å². The predicted octanol–water partition coefficient (Wildman–Crippen LogP) is 1.81. The van der Waals surface area contributed by atoms with Crippen molar-refractivity contribution in [2.75, 3.05) is 13.6 Å². The molecule has 0 aliphatic heterocycles. The van der Waals surface area contributed by atoms with Crippen molar-refractivity contribution in [2.24, 2.45) is 17.8 Å². The van der Waals surface area contributed by atoms with Crippen LogP contribution in [0.5, 0.6) is 0 Å². The van der Waals surface area contributed by atoms with Crippen LogP contribution in [0.3, 0.4) is 0 Å². The highest BCUT2D eigenvalue weighted by Gasteiger charge is 2.34. The Balaban J connectivity index is 1.84. The van der Waals surface area contributed by atoms with Crippen LogP contribution >= 0.6 is 0 Å². The zero-order valence-corrected chi connectivity index (χ0v) is 7.22. The summed E-state index contributed by atoms with van der Waals surface area (Å²) in [6.07, 6.45) is 9.15. The van der Waals surface area contributed by atoms with E-state index in [0.29, 0.717) is 0 Å². The van der Waals surface area contributed by atoms with E-state index >= 15 is 0 Å². The molecule has 0 amide bonds. The summed E-state index contributed by atoms with van der Waals surface area (Å²) >= 11 is 0. The predicted molar refractivity (Wildman–Crippen MR) is 47.4 cm³/mol. The summed E-state index contributed by atoms with van der Waals surface area (Å²) in [5, 5.41) is 3.23. The third-order valence-corrected chi connectivity index (χ3v) is 3.18. The van der Waals surface area contributed by atoms with E-state index in [0.717, 1.165) is 17.8 Å². The molecule has 1 heteroatoms. The highest BCUT2D eigenvalue weighted by atomic mass is 14.8. The quantitative estimate of drug-likeness (QED) is 0.607. The van der Waals surface area contributed by atoms with Gasteiger partial charge in [-0.15, -0.1) is 0 Å². The Morgan fingerprint density at radius 3 is 2.82 bits per heavy atom. The standard InChI is InChI=1S/C10H17N/c1-11-5-4-10-7-8-2-3-9(10)6-8/h2-3,8-11H,4-7H2,1H3. The molecule has 2 aliphatic rings. The molecule has 0 aromatic carbocycles. The molecule has 11 heavy (non-hydrogen) atoms. The number of hydrogen-bond donors (Lipinski definition) is 1. The van der Waals surface area contributed by atoms with Gasteiger partial charge in [0.2, 0.25) is 0 Å². The van der Waals surface area contributed by atoms with Crippen LogP contribution in [0.25, 0.3) is 0 Å². The number of rotatable bonds is 3. The SMILES string of the molecule is CNCCC1CC2C=CC1C2. The van der Waals surface area contributed by atoms with Gasteiger partial charge in [0.05, 0.1) is 0 Å². The van der Waals surface area contributed by atoms with Crippen molar-refractivity contribution in [3.63, 3.8) is 0 Å². The fraction of sp³-hybridized carbons (Fsp3) is 0.800. The third kappa shape index (κ3) is 1.34. The molecule has 3 unspecified atom stereocenters. The van der Waals surface area contributed by atoms with Gasteiger partial charge in [-0.05, 0) is 50.6 Å². The lowest BCUT2D eigenvalue weighted by molar-refractivity contribution is 0.410. The van der Waals surface area contributed by atoms with Gasteiger partial charge in [0, 0.05) is 0 Å². The van der Waals surface area contributed by atoms with Gasteiger partial charge in [0.25, 0.3) is 0 Å². The summed E-state index contributed by atoms with van der Waals surface area (Å²) in [4.78, 5) is 0. The summed E-state index contributed by atoms with van der Waals surface area (Å²) in [6.45, 7) is 1.20. The minimum atomic E-state index is 0.938.